The van der Waals surface area contributed by atoms with Gasteiger partial charge < -0.3 is 10.4 Å². The van der Waals surface area contributed by atoms with E-state index in [0.29, 0.717) is 28.0 Å². The minimum Gasteiger partial charge on any atom is -0.493 e. The van der Waals surface area contributed by atoms with Crippen LogP contribution in [-0.4, -0.2) is 53.7 Å². The van der Waals surface area contributed by atoms with Crippen LogP contribution in [0.1, 0.15) is 56.8 Å². The van der Waals surface area contributed by atoms with Crippen molar-refractivity contribution in [2.24, 2.45) is 0 Å². The van der Waals surface area contributed by atoms with Crippen LogP contribution >= 0.6 is 0 Å². The zero-order valence-electron chi connectivity index (χ0n) is 20.6. The van der Waals surface area contributed by atoms with E-state index in [4.69, 9.17) is 0 Å². The lowest BCUT2D eigenvalue weighted by atomic mass is 10.1. The molecular weight excluding hydrogens is 496 g/mol. The molecule has 0 bridgehead atoms. The van der Waals surface area contributed by atoms with Crippen LogP contribution in [0.25, 0.3) is 22.6 Å². The highest BCUT2D eigenvalue weighted by molar-refractivity contribution is 7.91. The summed E-state index contributed by atoms with van der Waals surface area (Å²) < 4.78 is 25.5. The quantitative estimate of drug-likeness (QED) is 0.349. The van der Waals surface area contributed by atoms with Gasteiger partial charge >= 0.3 is 0 Å². The lowest BCUT2D eigenvalue weighted by Gasteiger charge is -2.16. The third-order valence-electron chi connectivity index (χ3n) is 6.15. The average Bonchev–Trinajstić information content (AvgIpc) is 3.73. The van der Waals surface area contributed by atoms with Crippen LogP contribution in [0.4, 0.5) is 5.82 Å². The molecule has 37 heavy (non-hydrogen) atoms. The van der Waals surface area contributed by atoms with E-state index in [-0.39, 0.29) is 52.4 Å². The number of hydrogen-bond acceptors (Lipinski definition) is 11. The first kappa shape index (κ1) is 24.7. The summed E-state index contributed by atoms with van der Waals surface area (Å²) in [6, 6.07) is 2.85. The second kappa shape index (κ2) is 9.47. The van der Waals surface area contributed by atoms with Crippen molar-refractivity contribution >= 4 is 26.8 Å². The van der Waals surface area contributed by atoms with Gasteiger partial charge in [0.05, 0.1) is 17.6 Å². The van der Waals surface area contributed by atoms with Crippen LogP contribution in [0.15, 0.2) is 40.7 Å². The van der Waals surface area contributed by atoms with Crippen molar-refractivity contribution in [1.82, 2.24) is 34.5 Å². The van der Waals surface area contributed by atoms with Crippen molar-refractivity contribution in [2.45, 2.75) is 57.1 Å². The number of aromatic nitrogens is 7. The molecular formula is C24H26N8O4S. The molecule has 13 heteroatoms. The number of aromatic hydroxyl groups is 1. The van der Waals surface area contributed by atoms with Crippen molar-refractivity contribution in [3.05, 3.63) is 52.5 Å². The van der Waals surface area contributed by atoms with E-state index >= 15 is 0 Å². The number of hydrogen-bond donors (Lipinski definition) is 2. The molecule has 4 heterocycles. The molecule has 4 aromatic heterocycles. The van der Waals surface area contributed by atoms with Crippen LogP contribution < -0.4 is 10.9 Å². The Bertz CT molecular complexity index is 1650. The highest BCUT2D eigenvalue weighted by atomic mass is 32.2. The fraction of sp³-hybridized carbons (Fsp3) is 0.375. The summed E-state index contributed by atoms with van der Waals surface area (Å²) in [6.07, 6.45) is 6.23. The van der Waals surface area contributed by atoms with Gasteiger partial charge in [0, 0.05) is 24.7 Å². The maximum absolute atomic E-state index is 13.4. The Kier molecular flexibility index (Phi) is 6.31. The molecule has 5 rings (SSSR count). The third-order valence-corrected chi connectivity index (χ3v) is 7.79. The maximum atomic E-state index is 13.4. The fourth-order valence-corrected chi connectivity index (χ4v) is 4.80. The number of pyridine rings is 1. The number of nitrogens with zero attached hydrogens (tertiary/aromatic N) is 7. The van der Waals surface area contributed by atoms with E-state index in [2.05, 4.69) is 35.2 Å². The molecule has 0 aromatic carbocycles. The Hall–Kier alpha value is -4.00. The molecule has 4 aromatic rings. The van der Waals surface area contributed by atoms with Gasteiger partial charge in [-0.15, -0.1) is 0 Å². The number of sulfone groups is 1. The Morgan fingerprint density at radius 2 is 1.89 bits per heavy atom. The van der Waals surface area contributed by atoms with Gasteiger partial charge in [-0.05, 0) is 38.3 Å². The predicted molar refractivity (Wildman–Crippen MR) is 136 cm³/mol. The van der Waals surface area contributed by atoms with E-state index in [1.54, 1.807) is 13.0 Å². The minimum atomic E-state index is -3.39. The highest BCUT2D eigenvalue weighted by Crippen LogP contribution is 2.44. The zero-order valence-corrected chi connectivity index (χ0v) is 21.4. The summed E-state index contributed by atoms with van der Waals surface area (Å²) in [7, 11) is -3.39. The fourth-order valence-electron chi connectivity index (χ4n) is 4.02. The molecule has 1 aliphatic carbocycles. The van der Waals surface area contributed by atoms with E-state index in [1.165, 1.54) is 29.4 Å². The lowest BCUT2D eigenvalue weighted by Crippen LogP contribution is -2.27. The van der Waals surface area contributed by atoms with Crippen molar-refractivity contribution in [3.63, 3.8) is 0 Å². The largest absolute Gasteiger partial charge is 0.493 e. The minimum absolute atomic E-state index is 0.0115. The molecule has 0 aliphatic heterocycles. The van der Waals surface area contributed by atoms with Crippen LogP contribution in [0.5, 0.6) is 5.88 Å². The highest BCUT2D eigenvalue weighted by Gasteiger charge is 2.31. The summed E-state index contributed by atoms with van der Waals surface area (Å²) in [4.78, 5) is 39.1. The maximum Gasteiger partial charge on any atom is 0.295 e. The Labute approximate surface area is 212 Å². The summed E-state index contributed by atoms with van der Waals surface area (Å²) >= 11 is 0. The van der Waals surface area contributed by atoms with Crippen molar-refractivity contribution in [2.75, 3.05) is 11.1 Å². The van der Waals surface area contributed by atoms with E-state index < -0.39 is 9.84 Å². The molecule has 1 saturated carbocycles. The van der Waals surface area contributed by atoms with Gasteiger partial charge in [0.1, 0.15) is 17.4 Å². The summed E-state index contributed by atoms with van der Waals surface area (Å²) in [6.45, 7) is 5.50. The van der Waals surface area contributed by atoms with E-state index in [9.17, 15) is 18.3 Å². The van der Waals surface area contributed by atoms with Crippen LogP contribution in [0, 0.1) is 0 Å². The Morgan fingerprint density at radius 3 is 2.54 bits per heavy atom. The number of rotatable bonds is 8. The van der Waals surface area contributed by atoms with Gasteiger partial charge in [0.25, 0.3) is 5.56 Å². The topological polar surface area (TPSA) is 166 Å². The molecule has 0 spiro atoms. The normalized spacial score (nSPS) is 13.8. The number of nitrogens with one attached hydrogen (secondary N) is 1. The first-order valence-electron chi connectivity index (χ1n) is 11.9. The number of fused-ring (bicyclic) bond motifs is 1. The summed E-state index contributed by atoms with van der Waals surface area (Å²) in [5, 5.41) is 13.5. The average molecular weight is 523 g/mol. The van der Waals surface area contributed by atoms with Crippen LogP contribution in [0.2, 0.25) is 0 Å². The molecule has 192 valence electrons. The molecule has 0 unspecified atom stereocenters. The second-order valence-electron chi connectivity index (χ2n) is 9.13. The van der Waals surface area contributed by atoms with Crippen molar-refractivity contribution in [1.29, 1.82) is 0 Å². The van der Waals surface area contributed by atoms with Gasteiger partial charge in [0.15, 0.2) is 32.2 Å². The second-order valence-corrected chi connectivity index (χ2v) is 11.4. The predicted octanol–water partition coefficient (Wildman–Crippen LogP) is 2.61. The Morgan fingerprint density at radius 1 is 1.11 bits per heavy atom. The monoisotopic (exact) mass is 522 g/mol. The van der Waals surface area contributed by atoms with Crippen molar-refractivity contribution in [3.8, 4) is 17.3 Å². The first-order chi connectivity index (χ1) is 17.7. The van der Waals surface area contributed by atoms with Crippen LogP contribution in [-0.2, 0) is 16.4 Å². The van der Waals surface area contributed by atoms with E-state index in [0.717, 1.165) is 12.8 Å². The molecule has 1 fully saturated rings. The summed E-state index contributed by atoms with van der Waals surface area (Å²) in [5.41, 5.74) is 2.11. The summed E-state index contributed by atoms with van der Waals surface area (Å²) in [5.74, 6) is 0.332. The molecule has 2 N–H and O–H groups in total. The lowest BCUT2D eigenvalue weighted by molar-refractivity contribution is 0.452. The van der Waals surface area contributed by atoms with Gasteiger partial charge in [-0.2, -0.15) is 0 Å². The first-order valence-corrected chi connectivity index (χ1v) is 13.6. The zero-order chi connectivity index (χ0) is 26.3. The third kappa shape index (κ3) is 4.73. The van der Waals surface area contributed by atoms with Gasteiger partial charge in [-0.3, -0.25) is 9.36 Å². The van der Waals surface area contributed by atoms with Crippen LogP contribution in [0.3, 0.4) is 0 Å². The standard InChI is InChI=1S/C24H26N8O4S/c1-4-37(35,36)17-8-5-14(9-25-17)10-26-21-24(34)32(13(2)3)22-16(30-21)11-27-20(31-22)18-19(15-6-7-15)28-12-29-23(18)33/h5,8-9,11-13,15H,4,6-7,10H2,1-3H3,(H,26,30)(H,28,29,33). The number of anilines is 1. The Balaban J connectivity index is 1.51. The molecule has 0 amide bonds. The van der Waals surface area contributed by atoms with Gasteiger partial charge in [-0.25, -0.2) is 38.3 Å². The molecule has 12 nitrogen and oxygen atoms in total. The molecule has 0 saturated heterocycles. The van der Waals surface area contributed by atoms with Gasteiger partial charge in [-0.1, -0.05) is 13.0 Å². The smallest absolute Gasteiger partial charge is 0.295 e. The molecule has 0 atom stereocenters. The SMILES string of the molecule is CCS(=O)(=O)c1ccc(CNc2nc3cnc(-c4c(O)ncnc4C4CC4)nc3n(C(C)C)c2=O)cn1. The molecule has 1 aliphatic rings. The molecule has 0 radical (unpaired) electrons. The van der Waals surface area contributed by atoms with Gasteiger partial charge in [0.2, 0.25) is 5.88 Å². The van der Waals surface area contributed by atoms with E-state index in [1.807, 2.05) is 13.8 Å². The van der Waals surface area contributed by atoms with Crippen molar-refractivity contribution < 1.29 is 13.5 Å².